The third-order valence-electron chi connectivity index (χ3n) is 2.96. The van der Waals surface area contributed by atoms with Crippen LogP contribution < -0.4 is 0 Å². The van der Waals surface area contributed by atoms with Crippen LogP contribution in [0.3, 0.4) is 0 Å². The van der Waals surface area contributed by atoms with Gasteiger partial charge in [-0.05, 0) is 17.2 Å². The van der Waals surface area contributed by atoms with Crippen LogP contribution in [0.5, 0.6) is 0 Å². The van der Waals surface area contributed by atoms with Crippen LogP contribution in [0.1, 0.15) is 11.5 Å². The molecule has 0 aliphatic rings. The van der Waals surface area contributed by atoms with E-state index in [1.807, 2.05) is 0 Å². The number of carboxylic acids is 1. The molecule has 0 bridgehead atoms. The minimum atomic E-state index is -0.950. The molecule has 0 saturated heterocycles. The van der Waals surface area contributed by atoms with E-state index in [0.717, 1.165) is 5.56 Å². The molecule has 0 aliphatic heterocycles. The van der Waals surface area contributed by atoms with Crippen molar-refractivity contribution in [1.82, 2.24) is 0 Å². The Balaban J connectivity index is 2.36. The summed E-state index contributed by atoms with van der Waals surface area (Å²) in [5.74, 6) is -1.99. The number of benzene rings is 2. The van der Waals surface area contributed by atoms with Crippen molar-refractivity contribution in [2.45, 2.75) is 5.92 Å². The SMILES string of the molecule is C=CC(C(=O)O)c1ccc(-c2ccccc2F)cc1. The molecule has 0 aromatic heterocycles. The molecule has 0 amide bonds. The van der Waals surface area contributed by atoms with E-state index in [1.165, 1.54) is 12.1 Å². The zero-order valence-corrected chi connectivity index (χ0v) is 10.2. The molecule has 1 atom stereocenters. The quantitative estimate of drug-likeness (QED) is 0.844. The molecule has 96 valence electrons. The third-order valence-corrected chi connectivity index (χ3v) is 2.96. The van der Waals surface area contributed by atoms with Crippen LogP contribution in [0.15, 0.2) is 61.2 Å². The van der Waals surface area contributed by atoms with Gasteiger partial charge in [0.15, 0.2) is 0 Å². The van der Waals surface area contributed by atoms with E-state index in [2.05, 4.69) is 6.58 Å². The average Bonchev–Trinajstić information content (AvgIpc) is 2.41. The molecule has 1 unspecified atom stereocenters. The number of carboxylic acid groups (broad SMARTS) is 1. The summed E-state index contributed by atoms with van der Waals surface area (Å²) in [5, 5.41) is 9.03. The molecule has 1 N–H and O–H groups in total. The highest BCUT2D eigenvalue weighted by atomic mass is 19.1. The van der Waals surface area contributed by atoms with Crippen LogP contribution in [-0.4, -0.2) is 11.1 Å². The highest BCUT2D eigenvalue weighted by Crippen LogP contribution is 2.25. The van der Waals surface area contributed by atoms with Gasteiger partial charge in [-0.2, -0.15) is 0 Å². The fourth-order valence-electron chi connectivity index (χ4n) is 1.94. The van der Waals surface area contributed by atoms with Gasteiger partial charge in [-0.3, -0.25) is 4.79 Å². The van der Waals surface area contributed by atoms with Gasteiger partial charge in [-0.15, -0.1) is 6.58 Å². The summed E-state index contributed by atoms with van der Waals surface area (Å²) in [7, 11) is 0. The number of aliphatic carboxylic acids is 1. The first-order chi connectivity index (χ1) is 9.13. The highest BCUT2D eigenvalue weighted by Gasteiger charge is 2.15. The fraction of sp³-hybridized carbons (Fsp3) is 0.0625. The van der Waals surface area contributed by atoms with Crippen molar-refractivity contribution in [3.05, 3.63) is 72.6 Å². The second-order valence-electron chi connectivity index (χ2n) is 4.15. The van der Waals surface area contributed by atoms with Gasteiger partial charge in [0.2, 0.25) is 0 Å². The Hall–Kier alpha value is -2.42. The van der Waals surface area contributed by atoms with E-state index in [1.54, 1.807) is 42.5 Å². The number of rotatable bonds is 4. The van der Waals surface area contributed by atoms with Crippen LogP contribution in [0.4, 0.5) is 4.39 Å². The Labute approximate surface area is 110 Å². The molecule has 3 heteroatoms. The highest BCUT2D eigenvalue weighted by molar-refractivity contribution is 5.78. The number of hydrogen-bond acceptors (Lipinski definition) is 1. The predicted octanol–water partition coefficient (Wildman–Crippen LogP) is 3.85. The van der Waals surface area contributed by atoms with Crippen molar-refractivity contribution >= 4 is 5.97 Å². The van der Waals surface area contributed by atoms with E-state index in [0.29, 0.717) is 11.1 Å². The van der Waals surface area contributed by atoms with Crippen molar-refractivity contribution in [3.63, 3.8) is 0 Å². The second-order valence-corrected chi connectivity index (χ2v) is 4.15. The number of halogens is 1. The normalized spacial score (nSPS) is 11.8. The van der Waals surface area contributed by atoms with Crippen LogP contribution in [0.2, 0.25) is 0 Å². The van der Waals surface area contributed by atoms with Gasteiger partial charge in [0, 0.05) is 5.56 Å². The monoisotopic (exact) mass is 256 g/mol. The Kier molecular flexibility index (Phi) is 3.76. The molecule has 0 saturated carbocycles. The van der Waals surface area contributed by atoms with E-state index in [4.69, 9.17) is 5.11 Å². The Morgan fingerprint density at radius 3 is 2.32 bits per heavy atom. The van der Waals surface area contributed by atoms with Gasteiger partial charge in [-0.25, -0.2) is 4.39 Å². The minimum absolute atomic E-state index is 0.297. The van der Waals surface area contributed by atoms with E-state index < -0.39 is 11.9 Å². The van der Waals surface area contributed by atoms with Gasteiger partial charge in [0.25, 0.3) is 0 Å². The van der Waals surface area contributed by atoms with Gasteiger partial charge >= 0.3 is 5.97 Å². The van der Waals surface area contributed by atoms with E-state index >= 15 is 0 Å². The summed E-state index contributed by atoms with van der Waals surface area (Å²) in [5.41, 5.74) is 1.84. The molecule has 0 aliphatic carbocycles. The Morgan fingerprint density at radius 2 is 1.79 bits per heavy atom. The Bertz CT molecular complexity index is 602. The van der Waals surface area contributed by atoms with Crippen LogP contribution >= 0.6 is 0 Å². The maximum atomic E-state index is 13.6. The predicted molar refractivity (Wildman–Crippen MR) is 72.4 cm³/mol. The molecule has 0 spiro atoms. The molecule has 2 rings (SSSR count). The molecular weight excluding hydrogens is 243 g/mol. The first kappa shape index (κ1) is 13.0. The molecular formula is C16H13FO2. The van der Waals surface area contributed by atoms with Crippen LogP contribution in [0, 0.1) is 5.82 Å². The average molecular weight is 256 g/mol. The zero-order valence-electron chi connectivity index (χ0n) is 10.2. The maximum Gasteiger partial charge on any atom is 0.314 e. The molecule has 0 radical (unpaired) electrons. The summed E-state index contributed by atoms with van der Waals surface area (Å²) >= 11 is 0. The van der Waals surface area contributed by atoms with Gasteiger partial charge in [0.1, 0.15) is 5.82 Å². The van der Waals surface area contributed by atoms with E-state index in [9.17, 15) is 9.18 Å². The maximum absolute atomic E-state index is 13.6. The lowest BCUT2D eigenvalue weighted by Gasteiger charge is -2.09. The van der Waals surface area contributed by atoms with Gasteiger partial charge in [-0.1, -0.05) is 48.5 Å². The first-order valence-electron chi connectivity index (χ1n) is 5.83. The smallest absolute Gasteiger partial charge is 0.314 e. The van der Waals surface area contributed by atoms with Crippen molar-refractivity contribution in [1.29, 1.82) is 0 Å². The lowest BCUT2D eigenvalue weighted by atomic mass is 9.96. The van der Waals surface area contributed by atoms with Gasteiger partial charge in [0.05, 0.1) is 5.92 Å². The summed E-state index contributed by atoms with van der Waals surface area (Å²) < 4.78 is 13.6. The van der Waals surface area contributed by atoms with Crippen molar-refractivity contribution in [2.24, 2.45) is 0 Å². The second kappa shape index (κ2) is 5.48. The van der Waals surface area contributed by atoms with Crippen LogP contribution in [-0.2, 0) is 4.79 Å². The molecule has 2 nitrogen and oxygen atoms in total. The van der Waals surface area contributed by atoms with Gasteiger partial charge < -0.3 is 5.11 Å². The third kappa shape index (κ3) is 2.71. The lowest BCUT2D eigenvalue weighted by molar-refractivity contribution is -0.137. The van der Waals surface area contributed by atoms with Crippen molar-refractivity contribution in [3.8, 4) is 11.1 Å². The summed E-state index contributed by atoms with van der Waals surface area (Å²) in [6, 6.07) is 13.3. The molecule has 19 heavy (non-hydrogen) atoms. The first-order valence-corrected chi connectivity index (χ1v) is 5.83. The summed E-state index contributed by atoms with van der Waals surface area (Å²) in [6.07, 6.45) is 1.38. The molecule has 2 aromatic carbocycles. The topological polar surface area (TPSA) is 37.3 Å². The summed E-state index contributed by atoms with van der Waals surface area (Å²) in [4.78, 5) is 11.0. The minimum Gasteiger partial charge on any atom is -0.481 e. The fourth-order valence-corrected chi connectivity index (χ4v) is 1.94. The van der Waals surface area contributed by atoms with Crippen LogP contribution in [0.25, 0.3) is 11.1 Å². The molecule has 0 fully saturated rings. The molecule has 2 aromatic rings. The molecule has 0 heterocycles. The number of carbonyl (C=O) groups is 1. The summed E-state index contributed by atoms with van der Waals surface area (Å²) in [6.45, 7) is 3.51. The van der Waals surface area contributed by atoms with Crippen molar-refractivity contribution < 1.29 is 14.3 Å². The number of hydrogen-bond donors (Lipinski definition) is 1. The van der Waals surface area contributed by atoms with Crippen molar-refractivity contribution in [2.75, 3.05) is 0 Å². The Morgan fingerprint density at radius 1 is 1.16 bits per heavy atom. The lowest BCUT2D eigenvalue weighted by Crippen LogP contribution is -2.08. The largest absolute Gasteiger partial charge is 0.481 e. The van der Waals surface area contributed by atoms with E-state index in [-0.39, 0.29) is 5.82 Å². The standard InChI is InChI=1S/C16H13FO2/c1-2-13(16(18)19)11-7-9-12(10-8-11)14-5-3-4-6-15(14)17/h2-10,13H,1H2,(H,18,19). The zero-order chi connectivity index (χ0) is 13.8.